The summed E-state index contributed by atoms with van der Waals surface area (Å²) in [6.45, 7) is 8.58. The molecule has 0 unspecified atom stereocenters. The number of aryl methyl sites for hydroxylation is 4. The van der Waals surface area contributed by atoms with Crippen molar-refractivity contribution in [1.29, 1.82) is 0 Å². The summed E-state index contributed by atoms with van der Waals surface area (Å²) < 4.78 is 0. The van der Waals surface area contributed by atoms with E-state index in [-0.39, 0.29) is 12.5 Å². The fourth-order valence-electron chi connectivity index (χ4n) is 2.80. The van der Waals surface area contributed by atoms with Gasteiger partial charge in [-0.25, -0.2) is 0 Å². The lowest BCUT2D eigenvalue weighted by Crippen LogP contribution is -2.09. The summed E-state index contributed by atoms with van der Waals surface area (Å²) in [6, 6.07) is 12.9. The standard InChI is InChI=1S/C18H22O/c1-12-5-7-16(14(3)9-12)18(11-19)17-8-6-13(2)10-15(17)4/h5-10,18-19H,11H2,1-4H3. The van der Waals surface area contributed by atoms with Gasteiger partial charge in [-0.05, 0) is 49.9 Å². The highest BCUT2D eigenvalue weighted by Gasteiger charge is 2.17. The number of benzene rings is 2. The normalized spacial score (nSPS) is 11.1. The van der Waals surface area contributed by atoms with Crippen molar-refractivity contribution in [3.8, 4) is 0 Å². The van der Waals surface area contributed by atoms with E-state index in [2.05, 4.69) is 64.1 Å². The summed E-state index contributed by atoms with van der Waals surface area (Å²) >= 11 is 0. The molecule has 1 heteroatoms. The Bertz CT molecular complexity index is 533. The molecule has 100 valence electrons. The summed E-state index contributed by atoms with van der Waals surface area (Å²) in [7, 11) is 0. The minimum atomic E-state index is 0.0706. The quantitative estimate of drug-likeness (QED) is 0.876. The molecule has 0 aliphatic rings. The zero-order valence-corrected chi connectivity index (χ0v) is 12.2. The Morgan fingerprint density at radius 1 is 0.789 bits per heavy atom. The third-order valence-corrected chi connectivity index (χ3v) is 3.78. The van der Waals surface area contributed by atoms with Crippen molar-refractivity contribution in [2.24, 2.45) is 0 Å². The Labute approximate surface area is 115 Å². The van der Waals surface area contributed by atoms with Crippen LogP contribution in [0.2, 0.25) is 0 Å². The van der Waals surface area contributed by atoms with Gasteiger partial charge in [0.15, 0.2) is 0 Å². The molecular formula is C18H22O. The highest BCUT2D eigenvalue weighted by molar-refractivity contribution is 5.43. The van der Waals surface area contributed by atoms with Crippen molar-refractivity contribution < 1.29 is 5.11 Å². The van der Waals surface area contributed by atoms with Crippen LogP contribution in [0, 0.1) is 27.7 Å². The Balaban J connectivity index is 2.50. The molecule has 0 saturated heterocycles. The second-order valence-corrected chi connectivity index (χ2v) is 5.46. The van der Waals surface area contributed by atoms with Gasteiger partial charge in [-0.2, -0.15) is 0 Å². The Morgan fingerprint density at radius 2 is 1.21 bits per heavy atom. The molecule has 19 heavy (non-hydrogen) atoms. The lowest BCUT2D eigenvalue weighted by Gasteiger charge is -2.20. The summed E-state index contributed by atoms with van der Waals surface area (Å²) in [6.07, 6.45) is 0. The van der Waals surface area contributed by atoms with Gasteiger partial charge in [0.1, 0.15) is 0 Å². The van der Waals surface area contributed by atoms with E-state index in [1.54, 1.807) is 0 Å². The summed E-state index contributed by atoms with van der Waals surface area (Å²) in [5.41, 5.74) is 7.47. The molecule has 0 saturated carbocycles. The zero-order chi connectivity index (χ0) is 14.0. The van der Waals surface area contributed by atoms with Crippen molar-refractivity contribution in [1.82, 2.24) is 0 Å². The van der Waals surface area contributed by atoms with Gasteiger partial charge in [-0.3, -0.25) is 0 Å². The lowest BCUT2D eigenvalue weighted by molar-refractivity contribution is 0.280. The fraction of sp³-hybridized carbons (Fsp3) is 0.333. The number of aliphatic hydroxyl groups is 1. The van der Waals surface area contributed by atoms with E-state index >= 15 is 0 Å². The average Bonchev–Trinajstić information content (AvgIpc) is 2.34. The van der Waals surface area contributed by atoms with Crippen molar-refractivity contribution in [3.63, 3.8) is 0 Å². The van der Waals surface area contributed by atoms with Crippen LogP contribution in [0.25, 0.3) is 0 Å². The molecular weight excluding hydrogens is 232 g/mol. The molecule has 0 radical (unpaired) electrons. The maximum atomic E-state index is 9.82. The first-order valence-electron chi connectivity index (χ1n) is 6.78. The monoisotopic (exact) mass is 254 g/mol. The molecule has 0 aliphatic heterocycles. The van der Waals surface area contributed by atoms with Crippen LogP contribution in [0.4, 0.5) is 0 Å². The second kappa shape index (κ2) is 5.58. The predicted molar refractivity (Wildman–Crippen MR) is 80.8 cm³/mol. The lowest BCUT2D eigenvalue weighted by atomic mass is 9.86. The van der Waals surface area contributed by atoms with E-state index in [1.165, 1.54) is 33.4 Å². The average molecular weight is 254 g/mol. The van der Waals surface area contributed by atoms with E-state index in [1.807, 2.05) is 0 Å². The fourth-order valence-corrected chi connectivity index (χ4v) is 2.80. The van der Waals surface area contributed by atoms with Crippen molar-refractivity contribution in [3.05, 3.63) is 69.8 Å². The van der Waals surface area contributed by atoms with Gasteiger partial charge in [0.05, 0.1) is 6.61 Å². The third-order valence-electron chi connectivity index (χ3n) is 3.78. The molecule has 1 N–H and O–H groups in total. The SMILES string of the molecule is Cc1ccc(C(CO)c2ccc(C)cc2C)c(C)c1. The summed E-state index contributed by atoms with van der Waals surface area (Å²) in [5, 5.41) is 9.82. The van der Waals surface area contributed by atoms with Crippen LogP contribution < -0.4 is 0 Å². The van der Waals surface area contributed by atoms with Crippen LogP contribution in [0.5, 0.6) is 0 Å². The maximum absolute atomic E-state index is 9.82. The maximum Gasteiger partial charge on any atom is 0.0540 e. The van der Waals surface area contributed by atoms with E-state index in [0.717, 1.165) is 0 Å². The first-order chi connectivity index (χ1) is 9.02. The van der Waals surface area contributed by atoms with Crippen LogP contribution in [0.1, 0.15) is 39.3 Å². The smallest absolute Gasteiger partial charge is 0.0540 e. The van der Waals surface area contributed by atoms with Crippen molar-refractivity contribution in [2.45, 2.75) is 33.6 Å². The molecule has 0 fully saturated rings. The van der Waals surface area contributed by atoms with Crippen LogP contribution in [-0.4, -0.2) is 11.7 Å². The number of hydrogen-bond acceptors (Lipinski definition) is 1. The zero-order valence-electron chi connectivity index (χ0n) is 12.2. The highest BCUT2D eigenvalue weighted by atomic mass is 16.3. The molecule has 0 amide bonds. The predicted octanol–water partition coefficient (Wildman–Crippen LogP) is 4.04. The van der Waals surface area contributed by atoms with Crippen LogP contribution in [-0.2, 0) is 0 Å². The molecule has 2 aromatic carbocycles. The second-order valence-electron chi connectivity index (χ2n) is 5.46. The molecule has 2 rings (SSSR count). The Kier molecular flexibility index (Phi) is 4.06. The van der Waals surface area contributed by atoms with E-state index in [4.69, 9.17) is 0 Å². The molecule has 0 aliphatic carbocycles. The number of hydrogen-bond donors (Lipinski definition) is 1. The molecule has 0 aromatic heterocycles. The van der Waals surface area contributed by atoms with Gasteiger partial charge < -0.3 is 5.11 Å². The van der Waals surface area contributed by atoms with Gasteiger partial charge in [0, 0.05) is 5.92 Å². The minimum absolute atomic E-state index is 0.0706. The number of aliphatic hydroxyl groups excluding tert-OH is 1. The Morgan fingerprint density at radius 3 is 1.53 bits per heavy atom. The van der Waals surface area contributed by atoms with E-state index in [9.17, 15) is 5.11 Å². The van der Waals surface area contributed by atoms with Crippen LogP contribution in [0.3, 0.4) is 0 Å². The molecule has 0 spiro atoms. The van der Waals surface area contributed by atoms with Crippen molar-refractivity contribution in [2.75, 3.05) is 6.61 Å². The van der Waals surface area contributed by atoms with E-state index in [0.29, 0.717) is 0 Å². The summed E-state index contributed by atoms with van der Waals surface area (Å²) in [4.78, 5) is 0. The molecule has 0 atom stereocenters. The van der Waals surface area contributed by atoms with Gasteiger partial charge >= 0.3 is 0 Å². The molecule has 1 nitrogen and oxygen atoms in total. The van der Waals surface area contributed by atoms with Crippen LogP contribution >= 0.6 is 0 Å². The van der Waals surface area contributed by atoms with Crippen LogP contribution in [0.15, 0.2) is 36.4 Å². The van der Waals surface area contributed by atoms with Gasteiger partial charge in [-0.15, -0.1) is 0 Å². The van der Waals surface area contributed by atoms with Crippen molar-refractivity contribution >= 4 is 0 Å². The van der Waals surface area contributed by atoms with Gasteiger partial charge in [0.25, 0.3) is 0 Å². The Hall–Kier alpha value is -1.60. The first kappa shape index (κ1) is 13.8. The van der Waals surface area contributed by atoms with Gasteiger partial charge in [0.2, 0.25) is 0 Å². The topological polar surface area (TPSA) is 20.2 Å². The number of rotatable bonds is 3. The highest BCUT2D eigenvalue weighted by Crippen LogP contribution is 2.30. The molecule has 0 heterocycles. The third kappa shape index (κ3) is 2.87. The van der Waals surface area contributed by atoms with E-state index < -0.39 is 0 Å². The van der Waals surface area contributed by atoms with Gasteiger partial charge in [-0.1, -0.05) is 47.5 Å². The summed E-state index contributed by atoms with van der Waals surface area (Å²) in [5.74, 6) is 0.0706. The molecule has 2 aromatic rings. The molecule has 0 bridgehead atoms. The first-order valence-corrected chi connectivity index (χ1v) is 6.78. The largest absolute Gasteiger partial charge is 0.395 e. The minimum Gasteiger partial charge on any atom is -0.395 e.